The monoisotopic (exact) mass is 375 g/mol. The van der Waals surface area contributed by atoms with Crippen molar-refractivity contribution in [3.8, 4) is 0 Å². The van der Waals surface area contributed by atoms with E-state index in [9.17, 15) is 9.36 Å². The van der Waals surface area contributed by atoms with Crippen LogP contribution < -0.4 is 5.32 Å². The lowest BCUT2D eigenvalue weighted by molar-refractivity contribution is 0.0743. The summed E-state index contributed by atoms with van der Waals surface area (Å²) in [6, 6.07) is 18.0. The molecule has 1 N–H and O–H groups in total. The van der Waals surface area contributed by atoms with E-state index in [4.69, 9.17) is 9.05 Å². The molecule has 5 nitrogen and oxygen atoms in total. The van der Waals surface area contributed by atoms with Crippen LogP contribution >= 0.6 is 7.60 Å². The van der Waals surface area contributed by atoms with Gasteiger partial charge < -0.3 is 9.84 Å². The van der Waals surface area contributed by atoms with Gasteiger partial charge in [-0.1, -0.05) is 62.4 Å². The summed E-state index contributed by atoms with van der Waals surface area (Å²) in [7, 11) is -3.43. The van der Waals surface area contributed by atoms with E-state index < -0.39 is 13.8 Å². The second-order valence-electron chi connectivity index (χ2n) is 6.52. The van der Waals surface area contributed by atoms with Gasteiger partial charge in [0.15, 0.2) is 6.23 Å². The van der Waals surface area contributed by atoms with Crippen molar-refractivity contribution < 1.29 is 18.4 Å². The van der Waals surface area contributed by atoms with E-state index in [1.54, 1.807) is 52.0 Å². The Kier molecular flexibility index (Phi) is 7.15. The average Bonchev–Trinajstić information content (AvgIpc) is 2.62. The van der Waals surface area contributed by atoms with Gasteiger partial charge >= 0.3 is 7.60 Å². The number of benzene rings is 2. The van der Waals surface area contributed by atoms with Crippen LogP contribution in [-0.4, -0.2) is 17.7 Å². The molecule has 0 saturated heterocycles. The lowest BCUT2D eigenvalue weighted by atomic mass is 10.1. The molecule has 2 aromatic carbocycles. The fourth-order valence-electron chi connectivity index (χ4n) is 2.30. The standard InChI is InChI=1S/C20H26NO4P/c1-15(2)24-26(23,16(3)4)25-20(18-13-9-6-10-14-18)21-19(22)17-11-7-5-8-12-17/h5-16,20H,1-4H3,(H,21,22). The molecule has 0 radical (unpaired) electrons. The Bertz CT molecular complexity index is 747. The van der Waals surface area contributed by atoms with E-state index in [1.165, 1.54) is 0 Å². The van der Waals surface area contributed by atoms with Crippen molar-refractivity contribution in [2.45, 2.75) is 45.7 Å². The highest BCUT2D eigenvalue weighted by molar-refractivity contribution is 7.54. The minimum absolute atomic E-state index is 0.260. The summed E-state index contributed by atoms with van der Waals surface area (Å²) in [6.45, 7) is 7.17. The first-order valence-corrected chi connectivity index (χ1v) is 10.3. The molecule has 2 aromatic rings. The predicted octanol–water partition coefficient (Wildman–Crippen LogP) is 5.16. The van der Waals surface area contributed by atoms with Crippen LogP contribution in [0.2, 0.25) is 0 Å². The van der Waals surface area contributed by atoms with Crippen LogP contribution in [-0.2, 0) is 13.6 Å². The second-order valence-corrected chi connectivity index (χ2v) is 9.06. The maximum Gasteiger partial charge on any atom is 0.335 e. The molecule has 0 aromatic heterocycles. The molecular formula is C20H26NO4P. The maximum atomic E-state index is 13.2. The minimum Gasteiger partial charge on any atom is -0.322 e. The van der Waals surface area contributed by atoms with E-state index >= 15 is 0 Å². The summed E-state index contributed by atoms with van der Waals surface area (Å²) in [5.74, 6) is -0.306. The van der Waals surface area contributed by atoms with Gasteiger partial charge in [-0.3, -0.25) is 13.9 Å². The number of amides is 1. The summed E-state index contributed by atoms with van der Waals surface area (Å²) >= 11 is 0. The van der Waals surface area contributed by atoms with E-state index in [-0.39, 0.29) is 17.7 Å². The number of carbonyl (C=O) groups is 1. The molecule has 0 aliphatic rings. The topological polar surface area (TPSA) is 64.6 Å². The number of rotatable bonds is 8. The Morgan fingerprint density at radius 1 is 0.885 bits per heavy atom. The Morgan fingerprint density at radius 3 is 1.92 bits per heavy atom. The molecule has 2 rings (SSSR count). The van der Waals surface area contributed by atoms with Crippen molar-refractivity contribution in [2.75, 3.05) is 0 Å². The van der Waals surface area contributed by atoms with Gasteiger partial charge in [-0.15, -0.1) is 0 Å². The van der Waals surface area contributed by atoms with Crippen LogP contribution in [0.4, 0.5) is 0 Å². The highest BCUT2D eigenvalue weighted by Gasteiger charge is 2.35. The van der Waals surface area contributed by atoms with Crippen LogP contribution in [0.1, 0.15) is 49.8 Å². The Labute approximate surface area is 155 Å². The van der Waals surface area contributed by atoms with Crippen LogP contribution in [0.3, 0.4) is 0 Å². The molecule has 0 heterocycles. The first kappa shape index (κ1) is 20.4. The predicted molar refractivity (Wildman–Crippen MR) is 103 cm³/mol. The van der Waals surface area contributed by atoms with Crippen molar-refractivity contribution in [2.24, 2.45) is 0 Å². The average molecular weight is 375 g/mol. The molecule has 1 amide bonds. The van der Waals surface area contributed by atoms with Crippen molar-refractivity contribution in [3.63, 3.8) is 0 Å². The SMILES string of the molecule is CC(C)OP(=O)(OC(NC(=O)c1ccccc1)c1ccccc1)C(C)C. The third-order valence-electron chi connectivity index (χ3n) is 3.64. The molecule has 0 spiro atoms. The first-order chi connectivity index (χ1) is 12.3. The summed E-state index contributed by atoms with van der Waals surface area (Å²) in [5.41, 5.74) is 0.857. The molecule has 2 unspecified atom stereocenters. The molecule has 0 saturated carbocycles. The molecule has 26 heavy (non-hydrogen) atoms. The zero-order valence-electron chi connectivity index (χ0n) is 15.6. The van der Waals surface area contributed by atoms with Gasteiger partial charge in [-0.05, 0) is 26.0 Å². The van der Waals surface area contributed by atoms with Gasteiger partial charge in [0.2, 0.25) is 0 Å². The smallest absolute Gasteiger partial charge is 0.322 e. The molecular weight excluding hydrogens is 349 g/mol. The molecule has 0 aliphatic heterocycles. The molecule has 6 heteroatoms. The van der Waals surface area contributed by atoms with E-state index in [1.807, 2.05) is 36.4 Å². The van der Waals surface area contributed by atoms with Gasteiger partial charge in [-0.25, -0.2) is 0 Å². The van der Waals surface area contributed by atoms with Crippen LogP contribution in [0.5, 0.6) is 0 Å². The minimum atomic E-state index is -3.43. The first-order valence-electron chi connectivity index (χ1n) is 8.69. The van der Waals surface area contributed by atoms with Crippen molar-refractivity contribution in [3.05, 3.63) is 71.8 Å². The molecule has 2 atom stereocenters. The third-order valence-corrected chi connectivity index (χ3v) is 6.13. The zero-order valence-corrected chi connectivity index (χ0v) is 16.5. The van der Waals surface area contributed by atoms with Crippen LogP contribution in [0.25, 0.3) is 0 Å². The van der Waals surface area contributed by atoms with Crippen molar-refractivity contribution >= 4 is 13.5 Å². The van der Waals surface area contributed by atoms with Crippen LogP contribution in [0, 0.1) is 0 Å². The zero-order chi connectivity index (χ0) is 19.2. The van der Waals surface area contributed by atoms with E-state index in [2.05, 4.69) is 5.32 Å². The summed E-state index contributed by atoms with van der Waals surface area (Å²) in [4.78, 5) is 12.6. The largest absolute Gasteiger partial charge is 0.335 e. The van der Waals surface area contributed by atoms with Crippen molar-refractivity contribution in [1.82, 2.24) is 5.32 Å². The number of hydrogen-bond donors (Lipinski definition) is 1. The number of hydrogen-bond acceptors (Lipinski definition) is 4. The van der Waals surface area contributed by atoms with Gasteiger partial charge in [-0.2, -0.15) is 0 Å². The molecule has 140 valence electrons. The Balaban J connectivity index is 2.30. The fourth-order valence-corrected chi connectivity index (χ4v) is 3.89. The lowest BCUT2D eigenvalue weighted by Crippen LogP contribution is -2.31. The number of carbonyl (C=O) groups excluding carboxylic acids is 1. The maximum absolute atomic E-state index is 13.2. The summed E-state index contributed by atoms with van der Waals surface area (Å²) in [5, 5.41) is 2.82. The second kappa shape index (κ2) is 9.13. The Morgan fingerprint density at radius 2 is 1.42 bits per heavy atom. The van der Waals surface area contributed by atoms with E-state index in [0.29, 0.717) is 11.1 Å². The van der Waals surface area contributed by atoms with Crippen LogP contribution in [0.15, 0.2) is 60.7 Å². The summed E-state index contributed by atoms with van der Waals surface area (Å²) < 4.78 is 24.7. The lowest BCUT2D eigenvalue weighted by Gasteiger charge is -2.29. The van der Waals surface area contributed by atoms with Gasteiger partial charge in [0.05, 0.1) is 11.8 Å². The summed E-state index contributed by atoms with van der Waals surface area (Å²) in [6.07, 6.45) is -1.14. The van der Waals surface area contributed by atoms with E-state index in [0.717, 1.165) is 0 Å². The normalized spacial score (nSPS) is 14.8. The Hall–Kier alpha value is -1.94. The molecule has 0 aliphatic carbocycles. The quantitative estimate of drug-likeness (QED) is 0.511. The number of nitrogens with one attached hydrogen (secondary N) is 1. The fraction of sp³-hybridized carbons (Fsp3) is 0.350. The van der Waals surface area contributed by atoms with Gasteiger partial charge in [0, 0.05) is 11.1 Å². The highest BCUT2D eigenvalue weighted by Crippen LogP contribution is 2.56. The van der Waals surface area contributed by atoms with Gasteiger partial charge in [0.1, 0.15) is 0 Å². The molecule has 0 fully saturated rings. The molecule has 0 bridgehead atoms. The highest BCUT2D eigenvalue weighted by atomic mass is 31.2. The van der Waals surface area contributed by atoms with Gasteiger partial charge in [0.25, 0.3) is 5.91 Å². The van der Waals surface area contributed by atoms with Crippen molar-refractivity contribution in [1.29, 1.82) is 0 Å². The third kappa shape index (κ3) is 5.53.